The van der Waals surface area contributed by atoms with Gasteiger partial charge in [-0.25, -0.2) is 9.97 Å². The number of rotatable bonds is 2. The van der Waals surface area contributed by atoms with Crippen LogP contribution in [-0.2, 0) is 4.74 Å². The molecule has 6 heteroatoms. The summed E-state index contributed by atoms with van der Waals surface area (Å²) >= 11 is 3.25. The number of likely N-dealkylation sites (tertiary alicyclic amines) is 1. The van der Waals surface area contributed by atoms with E-state index >= 15 is 0 Å². The Kier molecular flexibility index (Phi) is 2.97. The first kappa shape index (κ1) is 10.5. The standard InChI is InChI=1S/C9H10BrN3O2/c1-15-6-3-13(4-6)9(14)8-7(10)2-11-5-12-8/h2,5-6H,3-4H2,1H3. The average molecular weight is 272 g/mol. The molecular weight excluding hydrogens is 262 g/mol. The van der Waals surface area contributed by atoms with Crippen molar-refractivity contribution in [2.45, 2.75) is 6.10 Å². The number of methoxy groups -OCH3 is 1. The van der Waals surface area contributed by atoms with Gasteiger partial charge < -0.3 is 9.64 Å². The molecule has 1 saturated heterocycles. The monoisotopic (exact) mass is 271 g/mol. The van der Waals surface area contributed by atoms with Crippen LogP contribution in [0, 0.1) is 0 Å². The van der Waals surface area contributed by atoms with Crippen LogP contribution in [0.5, 0.6) is 0 Å². The van der Waals surface area contributed by atoms with Crippen LogP contribution in [0.25, 0.3) is 0 Å². The Balaban J connectivity index is 2.07. The van der Waals surface area contributed by atoms with Gasteiger partial charge in [0.05, 0.1) is 10.6 Å². The lowest BCUT2D eigenvalue weighted by molar-refractivity contribution is -0.0195. The second kappa shape index (κ2) is 4.24. The normalized spacial score (nSPS) is 16.3. The van der Waals surface area contributed by atoms with E-state index in [0.29, 0.717) is 23.3 Å². The summed E-state index contributed by atoms with van der Waals surface area (Å²) < 4.78 is 5.72. The molecule has 1 aliphatic heterocycles. The van der Waals surface area contributed by atoms with E-state index in [1.807, 2.05) is 0 Å². The molecule has 1 aliphatic rings. The number of aromatic nitrogens is 2. The van der Waals surface area contributed by atoms with Crippen molar-refractivity contribution in [3.8, 4) is 0 Å². The van der Waals surface area contributed by atoms with E-state index in [9.17, 15) is 4.79 Å². The highest BCUT2D eigenvalue weighted by Gasteiger charge is 2.32. The number of hydrogen-bond donors (Lipinski definition) is 0. The lowest BCUT2D eigenvalue weighted by Gasteiger charge is -2.37. The summed E-state index contributed by atoms with van der Waals surface area (Å²) in [5, 5.41) is 0. The molecule has 0 N–H and O–H groups in total. The Hall–Kier alpha value is -1.01. The van der Waals surface area contributed by atoms with Gasteiger partial charge in [0, 0.05) is 26.4 Å². The molecular formula is C9H10BrN3O2. The summed E-state index contributed by atoms with van der Waals surface area (Å²) in [7, 11) is 1.65. The fourth-order valence-electron chi connectivity index (χ4n) is 1.37. The molecule has 15 heavy (non-hydrogen) atoms. The number of hydrogen-bond acceptors (Lipinski definition) is 4. The third kappa shape index (κ3) is 2.00. The van der Waals surface area contributed by atoms with Gasteiger partial charge >= 0.3 is 0 Å². The van der Waals surface area contributed by atoms with Crippen LogP contribution < -0.4 is 0 Å². The summed E-state index contributed by atoms with van der Waals surface area (Å²) in [6.45, 7) is 1.26. The van der Waals surface area contributed by atoms with Crippen LogP contribution in [0.3, 0.4) is 0 Å². The zero-order valence-corrected chi connectivity index (χ0v) is 9.77. The van der Waals surface area contributed by atoms with E-state index in [0.717, 1.165) is 0 Å². The zero-order valence-electron chi connectivity index (χ0n) is 8.18. The number of amides is 1. The summed E-state index contributed by atoms with van der Waals surface area (Å²) in [5.41, 5.74) is 0.402. The van der Waals surface area contributed by atoms with Crippen LogP contribution in [0.15, 0.2) is 17.0 Å². The van der Waals surface area contributed by atoms with Gasteiger partial charge in [-0.2, -0.15) is 0 Å². The van der Waals surface area contributed by atoms with Gasteiger partial charge in [-0.15, -0.1) is 0 Å². The van der Waals surface area contributed by atoms with Crippen molar-refractivity contribution < 1.29 is 9.53 Å². The highest BCUT2D eigenvalue weighted by Crippen LogP contribution is 2.18. The summed E-state index contributed by atoms with van der Waals surface area (Å²) in [5.74, 6) is -0.0856. The Morgan fingerprint density at radius 3 is 3.00 bits per heavy atom. The van der Waals surface area contributed by atoms with Gasteiger partial charge in [-0.05, 0) is 15.9 Å². The number of ether oxygens (including phenoxy) is 1. The largest absolute Gasteiger partial charge is 0.378 e. The van der Waals surface area contributed by atoms with Gasteiger partial charge in [-0.3, -0.25) is 4.79 Å². The molecule has 0 saturated carbocycles. The Labute approximate surface area is 95.6 Å². The fourth-order valence-corrected chi connectivity index (χ4v) is 1.76. The molecule has 0 aliphatic carbocycles. The van der Waals surface area contributed by atoms with Crippen LogP contribution >= 0.6 is 15.9 Å². The van der Waals surface area contributed by atoms with Crippen molar-refractivity contribution in [3.05, 3.63) is 22.7 Å². The average Bonchev–Trinajstić information content (AvgIpc) is 2.16. The van der Waals surface area contributed by atoms with Gasteiger partial charge in [-0.1, -0.05) is 0 Å². The topological polar surface area (TPSA) is 55.3 Å². The first-order valence-corrected chi connectivity index (χ1v) is 5.29. The Morgan fingerprint density at radius 1 is 1.67 bits per heavy atom. The molecule has 0 unspecified atom stereocenters. The quantitative estimate of drug-likeness (QED) is 0.795. The number of nitrogens with zero attached hydrogens (tertiary/aromatic N) is 3. The maximum Gasteiger partial charge on any atom is 0.273 e. The van der Waals surface area contributed by atoms with Crippen LogP contribution in [0.1, 0.15) is 10.5 Å². The lowest BCUT2D eigenvalue weighted by atomic mass is 10.1. The van der Waals surface area contributed by atoms with E-state index in [2.05, 4.69) is 25.9 Å². The molecule has 5 nitrogen and oxygen atoms in total. The molecule has 2 heterocycles. The Bertz CT molecular complexity index is 379. The summed E-state index contributed by atoms with van der Waals surface area (Å²) in [4.78, 5) is 21.3. The minimum Gasteiger partial charge on any atom is -0.378 e. The minimum absolute atomic E-state index is 0.0856. The van der Waals surface area contributed by atoms with Crippen molar-refractivity contribution in [2.75, 3.05) is 20.2 Å². The van der Waals surface area contributed by atoms with Gasteiger partial charge in [0.15, 0.2) is 0 Å². The number of halogens is 1. The van der Waals surface area contributed by atoms with Crippen molar-refractivity contribution in [2.24, 2.45) is 0 Å². The molecule has 0 radical (unpaired) electrons. The van der Waals surface area contributed by atoms with Crippen molar-refractivity contribution in [1.29, 1.82) is 0 Å². The first-order valence-electron chi connectivity index (χ1n) is 4.50. The van der Waals surface area contributed by atoms with Crippen LogP contribution in [-0.4, -0.2) is 47.1 Å². The van der Waals surface area contributed by atoms with E-state index in [4.69, 9.17) is 4.74 Å². The molecule has 80 valence electrons. The van der Waals surface area contributed by atoms with Gasteiger partial charge in [0.2, 0.25) is 0 Å². The third-order valence-corrected chi connectivity index (χ3v) is 2.92. The molecule has 0 spiro atoms. The second-order valence-corrected chi connectivity index (χ2v) is 4.14. The summed E-state index contributed by atoms with van der Waals surface area (Å²) in [6, 6.07) is 0. The summed E-state index contributed by atoms with van der Waals surface area (Å²) in [6.07, 6.45) is 3.09. The molecule has 1 aromatic rings. The molecule has 1 fully saturated rings. The molecule has 0 aromatic carbocycles. The Morgan fingerprint density at radius 2 is 2.40 bits per heavy atom. The predicted molar refractivity (Wildman–Crippen MR) is 56.4 cm³/mol. The van der Waals surface area contributed by atoms with Crippen molar-refractivity contribution >= 4 is 21.8 Å². The van der Waals surface area contributed by atoms with E-state index in [1.165, 1.54) is 6.33 Å². The zero-order chi connectivity index (χ0) is 10.8. The molecule has 1 aromatic heterocycles. The van der Waals surface area contributed by atoms with Crippen LogP contribution in [0.4, 0.5) is 0 Å². The fraction of sp³-hybridized carbons (Fsp3) is 0.444. The molecule has 1 amide bonds. The molecule has 2 rings (SSSR count). The maximum atomic E-state index is 11.9. The highest BCUT2D eigenvalue weighted by molar-refractivity contribution is 9.10. The van der Waals surface area contributed by atoms with Crippen molar-refractivity contribution in [1.82, 2.24) is 14.9 Å². The van der Waals surface area contributed by atoms with Gasteiger partial charge in [0.1, 0.15) is 12.0 Å². The maximum absolute atomic E-state index is 11.9. The number of carbonyl (C=O) groups excluding carboxylic acids is 1. The van der Waals surface area contributed by atoms with Gasteiger partial charge in [0.25, 0.3) is 5.91 Å². The van der Waals surface area contributed by atoms with E-state index < -0.39 is 0 Å². The first-order chi connectivity index (χ1) is 7.22. The highest BCUT2D eigenvalue weighted by atomic mass is 79.9. The molecule has 0 bridgehead atoms. The van der Waals surface area contributed by atoms with Crippen LogP contribution in [0.2, 0.25) is 0 Å². The third-order valence-electron chi connectivity index (χ3n) is 2.34. The smallest absolute Gasteiger partial charge is 0.273 e. The number of carbonyl (C=O) groups is 1. The second-order valence-electron chi connectivity index (χ2n) is 3.29. The van der Waals surface area contributed by atoms with E-state index in [-0.39, 0.29) is 12.0 Å². The van der Waals surface area contributed by atoms with E-state index in [1.54, 1.807) is 18.2 Å². The van der Waals surface area contributed by atoms with Crippen molar-refractivity contribution in [3.63, 3.8) is 0 Å². The lowest BCUT2D eigenvalue weighted by Crippen LogP contribution is -2.54. The molecule has 0 atom stereocenters. The SMILES string of the molecule is COC1CN(C(=O)c2ncncc2Br)C1. The minimum atomic E-state index is -0.0856. The predicted octanol–water partition coefficient (Wildman–Crippen LogP) is 0.710.